The molecule has 0 radical (unpaired) electrons. The Morgan fingerprint density at radius 3 is 2.52 bits per heavy atom. The number of imide groups is 1. The van der Waals surface area contributed by atoms with Gasteiger partial charge in [0.15, 0.2) is 0 Å². The van der Waals surface area contributed by atoms with Crippen LogP contribution in [0.15, 0.2) is 48.0 Å². The lowest BCUT2D eigenvalue weighted by Gasteiger charge is -2.13. The molecular formula is C18H13Cl2NO2. The van der Waals surface area contributed by atoms with Crippen LogP contribution in [-0.2, 0) is 9.59 Å². The van der Waals surface area contributed by atoms with Crippen LogP contribution < -0.4 is 4.90 Å². The second-order valence-corrected chi connectivity index (χ2v) is 6.23. The summed E-state index contributed by atoms with van der Waals surface area (Å²) in [6.45, 7) is 1.93. The molecule has 1 aliphatic rings. The zero-order chi connectivity index (χ0) is 16.6. The van der Waals surface area contributed by atoms with Gasteiger partial charge in [-0.25, -0.2) is 4.90 Å². The minimum atomic E-state index is -0.323. The molecule has 0 N–H and O–H groups in total. The lowest BCUT2D eigenvalue weighted by atomic mass is 10.0. The summed E-state index contributed by atoms with van der Waals surface area (Å²) >= 11 is 11.9. The second kappa shape index (κ2) is 6.19. The van der Waals surface area contributed by atoms with Crippen molar-refractivity contribution in [2.24, 2.45) is 0 Å². The van der Waals surface area contributed by atoms with Crippen molar-refractivity contribution < 1.29 is 9.59 Å². The molecule has 1 saturated heterocycles. The van der Waals surface area contributed by atoms with Gasteiger partial charge in [-0.3, -0.25) is 9.59 Å². The summed E-state index contributed by atoms with van der Waals surface area (Å²) in [6, 6.07) is 12.1. The fourth-order valence-electron chi connectivity index (χ4n) is 2.52. The summed E-state index contributed by atoms with van der Waals surface area (Å²) in [5, 5.41) is 1.07. The molecule has 3 rings (SSSR count). The summed E-state index contributed by atoms with van der Waals surface area (Å²) in [4.78, 5) is 26.0. The average Bonchev–Trinajstić information content (AvgIpc) is 2.77. The lowest BCUT2D eigenvalue weighted by molar-refractivity contribution is -0.120. The third kappa shape index (κ3) is 3.16. The van der Waals surface area contributed by atoms with Crippen molar-refractivity contribution in [1.29, 1.82) is 0 Å². The summed E-state index contributed by atoms with van der Waals surface area (Å²) in [5.74, 6) is -0.583. The number of nitrogens with zero attached hydrogens (tertiary/aromatic N) is 1. The van der Waals surface area contributed by atoms with Gasteiger partial charge < -0.3 is 0 Å². The summed E-state index contributed by atoms with van der Waals surface area (Å²) in [7, 11) is 0. The van der Waals surface area contributed by atoms with E-state index in [0.717, 1.165) is 16.0 Å². The first-order valence-corrected chi connectivity index (χ1v) is 7.81. The number of carbonyl (C=O) groups is 2. The van der Waals surface area contributed by atoms with Crippen LogP contribution in [0.25, 0.3) is 6.08 Å². The summed E-state index contributed by atoms with van der Waals surface area (Å²) in [5.41, 5.74) is 2.75. The molecule has 0 aliphatic carbocycles. The normalized spacial score (nSPS) is 16.5. The molecule has 2 aromatic rings. The fraction of sp³-hybridized carbons (Fsp3) is 0.111. The summed E-state index contributed by atoms with van der Waals surface area (Å²) < 4.78 is 0. The van der Waals surface area contributed by atoms with Gasteiger partial charge in [-0.05, 0) is 54.5 Å². The minimum absolute atomic E-state index is 0.0668. The van der Waals surface area contributed by atoms with Gasteiger partial charge in [0.1, 0.15) is 0 Å². The van der Waals surface area contributed by atoms with E-state index in [9.17, 15) is 9.59 Å². The van der Waals surface area contributed by atoms with Crippen molar-refractivity contribution in [3.63, 3.8) is 0 Å². The number of benzene rings is 2. The molecule has 0 atom stereocenters. The highest BCUT2D eigenvalue weighted by Crippen LogP contribution is 2.29. The van der Waals surface area contributed by atoms with Gasteiger partial charge in [-0.1, -0.05) is 35.3 Å². The third-order valence-corrected chi connectivity index (χ3v) is 4.18. The predicted molar refractivity (Wildman–Crippen MR) is 92.7 cm³/mol. The Balaban J connectivity index is 1.98. The number of carbonyl (C=O) groups excluding carboxylic acids is 2. The van der Waals surface area contributed by atoms with Crippen LogP contribution in [0.5, 0.6) is 0 Å². The average molecular weight is 346 g/mol. The monoisotopic (exact) mass is 345 g/mol. The van der Waals surface area contributed by atoms with E-state index in [4.69, 9.17) is 23.2 Å². The Hall–Kier alpha value is -2.10. The first kappa shape index (κ1) is 15.8. The van der Waals surface area contributed by atoms with E-state index in [1.165, 1.54) is 0 Å². The number of hydrogen-bond donors (Lipinski definition) is 0. The highest BCUT2D eigenvalue weighted by atomic mass is 35.5. The molecule has 2 amide bonds. The molecule has 5 heteroatoms. The maximum Gasteiger partial charge on any atom is 0.261 e. The van der Waals surface area contributed by atoms with E-state index in [0.29, 0.717) is 21.3 Å². The molecule has 0 aromatic heterocycles. The van der Waals surface area contributed by atoms with Crippen LogP contribution >= 0.6 is 23.2 Å². The van der Waals surface area contributed by atoms with E-state index in [1.54, 1.807) is 42.5 Å². The Bertz CT molecular complexity index is 843. The first-order chi connectivity index (χ1) is 11.0. The maximum absolute atomic E-state index is 12.6. The SMILES string of the molecule is Cc1ccc(Cl)cc1/C=C1\CC(=O)N(c2cccc(Cl)c2)C1=O. The lowest BCUT2D eigenvalue weighted by Crippen LogP contribution is -2.28. The van der Waals surface area contributed by atoms with Crippen LogP contribution in [0.3, 0.4) is 0 Å². The number of amides is 2. The van der Waals surface area contributed by atoms with Gasteiger partial charge in [0.25, 0.3) is 5.91 Å². The minimum Gasteiger partial charge on any atom is -0.274 e. The Morgan fingerprint density at radius 1 is 1.04 bits per heavy atom. The molecule has 0 bridgehead atoms. The molecule has 3 nitrogen and oxygen atoms in total. The molecule has 0 unspecified atom stereocenters. The van der Waals surface area contributed by atoms with E-state index in [-0.39, 0.29) is 18.2 Å². The highest BCUT2D eigenvalue weighted by molar-refractivity contribution is 6.33. The van der Waals surface area contributed by atoms with Crippen LogP contribution in [0.1, 0.15) is 17.5 Å². The van der Waals surface area contributed by atoms with E-state index >= 15 is 0 Å². The van der Waals surface area contributed by atoms with Crippen molar-refractivity contribution in [3.05, 3.63) is 69.2 Å². The van der Waals surface area contributed by atoms with Crippen molar-refractivity contribution in [1.82, 2.24) is 0 Å². The van der Waals surface area contributed by atoms with Crippen molar-refractivity contribution in [2.45, 2.75) is 13.3 Å². The molecule has 1 heterocycles. The van der Waals surface area contributed by atoms with E-state index < -0.39 is 0 Å². The smallest absolute Gasteiger partial charge is 0.261 e. The topological polar surface area (TPSA) is 37.4 Å². The Labute approximate surface area is 144 Å². The second-order valence-electron chi connectivity index (χ2n) is 5.36. The molecule has 116 valence electrons. The molecule has 0 saturated carbocycles. The van der Waals surface area contributed by atoms with E-state index in [1.807, 2.05) is 13.0 Å². The molecule has 23 heavy (non-hydrogen) atoms. The third-order valence-electron chi connectivity index (χ3n) is 3.71. The Kier molecular flexibility index (Phi) is 4.24. The van der Waals surface area contributed by atoms with Crippen LogP contribution in [-0.4, -0.2) is 11.8 Å². The highest BCUT2D eigenvalue weighted by Gasteiger charge is 2.35. The number of hydrogen-bond acceptors (Lipinski definition) is 2. The van der Waals surface area contributed by atoms with Gasteiger partial charge in [-0.2, -0.15) is 0 Å². The van der Waals surface area contributed by atoms with Gasteiger partial charge in [0.05, 0.1) is 12.1 Å². The Morgan fingerprint density at radius 2 is 1.78 bits per heavy atom. The number of halogens is 2. The van der Waals surface area contributed by atoms with Gasteiger partial charge in [0, 0.05) is 15.6 Å². The van der Waals surface area contributed by atoms with Crippen molar-refractivity contribution in [2.75, 3.05) is 4.90 Å². The number of rotatable bonds is 2. The summed E-state index contributed by atoms with van der Waals surface area (Å²) in [6.07, 6.45) is 1.79. The molecule has 1 aliphatic heterocycles. The largest absolute Gasteiger partial charge is 0.274 e. The number of anilines is 1. The van der Waals surface area contributed by atoms with Crippen molar-refractivity contribution >= 4 is 46.8 Å². The van der Waals surface area contributed by atoms with Gasteiger partial charge in [-0.15, -0.1) is 0 Å². The van der Waals surface area contributed by atoms with Gasteiger partial charge >= 0.3 is 0 Å². The number of aryl methyl sites for hydroxylation is 1. The van der Waals surface area contributed by atoms with Crippen LogP contribution in [0.2, 0.25) is 10.0 Å². The molecule has 1 fully saturated rings. The maximum atomic E-state index is 12.6. The molecule has 0 spiro atoms. The quantitative estimate of drug-likeness (QED) is 0.586. The van der Waals surface area contributed by atoms with Crippen LogP contribution in [0.4, 0.5) is 5.69 Å². The van der Waals surface area contributed by atoms with Crippen molar-refractivity contribution in [3.8, 4) is 0 Å². The molecular weight excluding hydrogens is 333 g/mol. The fourth-order valence-corrected chi connectivity index (χ4v) is 2.88. The zero-order valence-electron chi connectivity index (χ0n) is 12.3. The van der Waals surface area contributed by atoms with Crippen LogP contribution in [0, 0.1) is 6.92 Å². The standard InChI is InChI=1S/C18H13Cl2NO2/c1-11-5-6-15(20)8-12(11)7-13-9-17(22)21(18(13)23)16-4-2-3-14(19)10-16/h2-8,10H,9H2,1H3/b13-7+. The van der Waals surface area contributed by atoms with Gasteiger partial charge in [0.2, 0.25) is 5.91 Å². The first-order valence-electron chi connectivity index (χ1n) is 7.05. The molecule has 2 aromatic carbocycles. The zero-order valence-corrected chi connectivity index (χ0v) is 13.9. The van der Waals surface area contributed by atoms with E-state index in [2.05, 4.69) is 0 Å². The predicted octanol–water partition coefficient (Wildman–Crippen LogP) is 4.65.